The van der Waals surface area contributed by atoms with Crippen molar-refractivity contribution in [1.29, 1.82) is 0 Å². The van der Waals surface area contributed by atoms with E-state index in [0.29, 0.717) is 0 Å². The van der Waals surface area contributed by atoms with E-state index < -0.39 is 5.41 Å². The summed E-state index contributed by atoms with van der Waals surface area (Å²) in [5.74, 6) is 0.985. The maximum atomic E-state index is 7.23. The van der Waals surface area contributed by atoms with Crippen LogP contribution < -0.4 is 4.90 Å². The minimum Gasteiger partial charge on any atom is -0.458 e. The number of benzene rings is 9. The molecular formula is C55H33NO2S. The summed E-state index contributed by atoms with van der Waals surface area (Å²) in [6, 6.07) is 72.2. The second-order valence-corrected chi connectivity index (χ2v) is 16.6. The number of anilines is 3. The number of fused-ring (bicyclic) bond motifs is 15. The van der Waals surface area contributed by atoms with E-state index in [0.717, 1.165) is 71.8 Å². The molecule has 276 valence electrons. The van der Waals surface area contributed by atoms with Crippen molar-refractivity contribution in [2.45, 2.75) is 15.2 Å². The Balaban J connectivity index is 1.10. The Morgan fingerprint density at radius 1 is 0.441 bits per heavy atom. The Morgan fingerprint density at radius 2 is 1.08 bits per heavy atom. The zero-order valence-corrected chi connectivity index (χ0v) is 32.5. The molecule has 4 heteroatoms. The van der Waals surface area contributed by atoms with Gasteiger partial charge in [0.25, 0.3) is 0 Å². The predicted octanol–water partition coefficient (Wildman–Crippen LogP) is 15.4. The second kappa shape index (κ2) is 12.4. The summed E-state index contributed by atoms with van der Waals surface area (Å²) in [4.78, 5) is 4.81. The van der Waals surface area contributed by atoms with Gasteiger partial charge in [-0.05, 0) is 98.8 Å². The maximum Gasteiger partial charge on any atom is 0.145 e. The molecule has 0 unspecified atom stereocenters. The molecule has 0 saturated carbocycles. The van der Waals surface area contributed by atoms with Gasteiger partial charge in [-0.2, -0.15) is 0 Å². The number of hydrogen-bond acceptors (Lipinski definition) is 4. The molecule has 9 aromatic carbocycles. The molecule has 2 aromatic heterocycles. The Kier molecular flexibility index (Phi) is 6.87. The van der Waals surface area contributed by atoms with Crippen LogP contribution in [0.5, 0.6) is 0 Å². The van der Waals surface area contributed by atoms with Crippen molar-refractivity contribution in [2.75, 3.05) is 4.90 Å². The standard InChI is InChI=1S/C55H33NO2S/c1-2-15-35(16-3-1)39-29-30-47(51-42-20-8-12-24-48(42)57-52(39)51)56(37-27-26-34-14-4-5-17-36(34)32-37)38-28-31-49-43(33-38)53-54(58-49)55(46-23-11-13-25-50(46)59-53)44-21-9-6-18-40(44)41-19-7-10-22-45(41)55/h1-33H. The van der Waals surface area contributed by atoms with Crippen LogP contribution in [-0.2, 0) is 5.41 Å². The van der Waals surface area contributed by atoms with Crippen LogP contribution in [0, 0.1) is 0 Å². The van der Waals surface area contributed by atoms with Crippen LogP contribution in [0.15, 0.2) is 219 Å². The fraction of sp³-hybridized carbons (Fsp3) is 0.0182. The molecule has 11 aromatic rings. The number of furan rings is 2. The molecular weight excluding hydrogens is 739 g/mol. The largest absolute Gasteiger partial charge is 0.458 e. The van der Waals surface area contributed by atoms with Gasteiger partial charge in [-0.15, -0.1) is 0 Å². The summed E-state index contributed by atoms with van der Waals surface area (Å²) in [6.45, 7) is 0. The predicted molar refractivity (Wildman–Crippen MR) is 243 cm³/mol. The van der Waals surface area contributed by atoms with Crippen LogP contribution >= 0.6 is 11.8 Å². The Hall–Kier alpha value is -7.27. The van der Waals surface area contributed by atoms with E-state index in [1.54, 1.807) is 0 Å². The highest BCUT2D eigenvalue weighted by Gasteiger charge is 2.53. The fourth-order valence-electron chi connectivity index (χ4n) is 10.0. The first-order chi connectivity index (χ1) is 29.3. The van der Waals surface area contributed by atoms with Gasteiger partial charge < -0.3 is 13.7 Å². The van der Waals surface area contributed by atoms with Crippen LogP contribution in [0.3, 0.4) is 0 Å². The van der Waals surface area contributed by atoms with Crippen LogP contribution in [0.25, 0.3) is 65.9 Å². The molecule has 1 aliphatic heterocycles. The van der Waals surface area contributed by atoms with Crippen molar-refractivity contribution in [3.8, 4) is 22.3 Å². The molecule has 59 heavy (non-hydrogen) atoms. The summed E-state index contributed by atoms with van der Waals surface area (Å²) in [5, 5.41) is 5.63. The van der Waals surface area contributed by atoms with Crippen LogP contribution in [-0.4, -0.2) is 0 Å². The van der Waals surface area contributed by atoms with E-state index >= 15 is 0 Å². The second-order valence-electron chi connectivity index (χ2n) is 15.5. The van der Waals surface area contributed by atoms with Gasteiger partial charge in [0, 0.05) is 32.6 Å². The fourth-order valence-corrected chi connectivity index (χ4v) is 11.3. The van der Waals surface area contributed by atoms with E-state index in [2.05, 4.69) is 199 Å². The lowest BCUT2D eigenvalue weighted by Crippen LogP contribution is -2.31. The van der Waals surface area contributed by atoms with Gasteiger partial charge in [-0.3, -0.25) is 0 Å². The third kappa shape index (κ3) is 4.55. The van der Waals surface area contributed by atoms with Gasteiger partial charge in [-0.25, -0.2) is 0 Å². The molecule has 0 atom stereocenters. The van der Waals surface area contributed by atoms with E-state index in [9.17, 15) is 0 Å². The number of hydrogen-bond donors (Lipinski definition) is 0. The Morgan fingerprint density at radius 3 is 1.92 bits per heavy atom. The molecule has 0 bridgehead atoms. The van der Waals surface area contributed by atoms with Gasteiger partial charge >= 0.3 is 0 Å². The van der Waals surface area contributed by atoms with Crippen molar-refractivity contribution in [1.82, 2.24) is 0 Å². The summed E-state index contributed by atoms with van der Waals surface area (Å²) < 4.78 is 14.0. The zero-order chi connectivity index (χ0) is 38.7. The zero-order valence-electron chi connectivity index (χ0n) is 31.7. The number of rotatable bonds is 4. The van der Waals surface area contributed by atoms with Crippen LogP contribution in [0.4, 0.5) is 17.1 Å². The van der Waals surface area contributed by atoms with Crippen LogP contribution in [0.2, 0.25) is 0 Å². The van der Waals surface area contributed by atoms with Crippen molar-refractivity contribution < 1.29 is 8.83 Å². The first-order valence-electron chi connectivity index (χ1n) is 20.1. The Labute approximate surface area is 344 Å². The van der Waals surface area contributed by atoms with E-state index in [-0.39, 0.29) is 0 Å². The average Bonchev–Trinajstić information content (AvgIpc) is 3.96. The highest BCUT2D eigenvalue weighted by Crippen LogP contribution is 2.64. The van der Waals surface area contributed by atoms with Gasteiger partial charge in [0.05, 0.1) is 16.0 Å². The third-order valence-electron chi connectivity index (χ3n) is 12.5. The summed E-state index contributed by atoms with van der Waals surface area (Å²) in [7, 11) is 0. The first-order valence-corrected chi connectivity index (χ1v) is 20.9. The molecule has 0 amide bonds. The molecule has 13 rings (SSSR count). The number of para-hydroxylation sites is 1. The smallest absolute Gasteiger partial charge is 0.145 e. The lowest BCUT2D eigenvalue weighted by Gasteiger charge is -2.36. The van der Waals surface area contributed by atoms with Crippen molar-refractivity contribution in [3.05, 3.63) is 223 Å². The average molecular weight is 772 g/mol. The first kappa shape index (κ1) is 32.8. The lowest BCUT2D eigenvalue weighted by molar-refractivity contribution is 0.478. The summed E-state index contributed by atoms with van der Waals surface area (Å²) >= 11 is 1.82. The summed E-state index contributed by atoms with van der Waals surface area (Å²) in [6.07, 6.45) is 0. The quantitative estimate of drug-likeness (QED) is 0.178. The maximum absolute atomic E-state index is 7.23. The summed E-state index contributed by atoms with van der Waals surface area (Å²) in [5.41, 5.74) is 13.7. The van der Waals surface area contributed by atoms with Crippen LogP contribution in [0.1, 0.15) is 22.5 Å². The van der Waals surface area contributed by atoms with E-state index in [1.807, 2.05) is 17.8 Å². The molecule has 3 heterocycles. The molecule has 2 aliphatic rings. The van der Waals surface area contributed by atoms with Crippen molar-refractivity contribution in [3.63, 3.8) is 0 Å². The topological polar surface area (TPSA) is 29.5 Å². The minimum absolute atomic E-state index is 0.587. The SMILES string of the molecule is c1ccc(-c2ccc(N(c3ccc4ccccc4c3)c3ccc4oc5c(c4c3)Sc3ccccc3C53c4ccccc4-c4ccccc43)c3c2oc2ccccc23)cc1. The molecule has 1 aliphatic carbocycles. The highest BCUT2D eigenvalue weighted by molar-refractivity contribution is 7.99. The monoisotopic (exact) mass is 771 g/mol. The molecule has 1 spiro atoms. The molecule has 0 N–H and O–H groups in total. The van der Waals surface area contributed by atoms with Crippen molar-refractivity contribution >= 4 is 72.5 Å². The van der Waals surface area contributed by atoms with E-state index in [4.69, 9.17) is 8.83 Å². The third-order valence-corrected chi connectivity index (χ3v) is 13.7. The number of nitrogens with zero attached hydrogens (tertiary/aromatic N) is 1. The normalized spacial score (nSPS) is 13.5. The molecule has 0 radical (unpaired) electrons. The van der Waals surface area contributed by atoms with Gasteiger partial charge in [-0.1, -0.05) is 157 Å². The van der Waals surface area contributed by atoms with Gasteiger partial charge in [0.2, 0.25) is 0 Å². The molecule has 0 fully saturated rings. The van der Waals surface area contributed by atoms with Crippen molar-refractivity contribution in [2.24, 2.45) is 0 Å². The Bertz CT molecular complexity index is 3460. The molecule has 3 nitrogen and oxygen atoms in total. The minimum atomic E-state index is -0.587. The highest BCUT2D eigenvalue weighted by atomic mass is 32.2. The van der Waals surface area contributed by atoms with Gasteiger partial charge in [0.1, 0.15) is 27.9 Å². The van der Waals surface area contributed by atoms with Gasteiger partial charge in [0.15, 0.2) is 0 Å². The molecule has 0 saturated heterocycles. The van der Waals surface area contributed by atoms with E-state index in [1.165, 1.54) is 43.5 Å². The lowest BCUT2D eigenvalue weighted by atomic mass is 9.70.